The van der Waals surface area contributed by atoms with Crippen LogP contribution in [0.5, 0.6) is 5.75 Å². The van der Waals surface area contributed by atoms with Gasteiger partial charge in [0.15, 0.2) is 12.4 Å². The zero-order chi connectivity index (χ0) is 14.4. The quantitative estimate of drug-likeness (QED) is 0.833. The van der Waals surface area contributed by atoms with Crippen molar-refractivity contribution in [1.82, 2.24) is 20.5 Å². The maximum absolute atomic E-state index is 11.7. The minimum Gasteiger partial charge on any atom is -0.483 e. The van der Waals surface area contributed by atoms with Gasteiger partial charge in [-0.3, -0.25) is 9.89 Å². The largest absolute Gasteiger partial charge is 0.483 e. The normalized spacial score (nSPS) is 10.3. The van der Waals surface area contributed by atoms with Crippen LogP contribution in [0, 0.1) is 6.92 Å². The molecule has 20 heavy (non-hydrogen) atoms. The number of hydrogen-bond acceptors (Lipinski definition) is 4. The number of hydrogen-bond donors (Lipinski definition) is 2. The van der Waals surface area contributed by atoms with Gasteiger partial charge in [0.2, 0.25) is 0 Å². The molecule has 0 bridgehead atoms. The fraction of sp³-hybridized carbons (Fsp3) is 0.357. The summed E-state index contributed by atoms with van der Waals surface area (Å²) < 4.78 is 5.52. The van der Waals surface area contributed by atoms with E-state index < -0.39 is 0 Å². The van der Waals surface area contributed by atoms with Gasteiger partial charge in [0, 0.05) is 0 Å². The Morgan fingerprint density at radius 2 is 2.20 bits per heavy atom. The van der Waals surface area contributed by atoms with Crippen LogP contribution >= 0.6 is 0 Å². The molecule has 0 aliphatic heterocycles. The lowest BCUT2D eigenvalue weighted by Gasteiger charge is -2.09. The average Bonchev–Trinajstić information content (AvgIpc) is 2.89. The standard InChI is InChI=1S/C14H18N4O2/c1-3-11-6-4-5-7-12(11)20-9-14(19)15-8-13-16-10(2)17-18-13/h4-7H,3,8-9H2,1-2H3,(H,15,19)(H,16,17,18). The summed E-state index contributed by atoms with van der Waals surface area (Å²) in [4.78, 5) is 15.8. The lowest BCUT2D eigenvalue weighted by atomic mass is 10.1. The Kier molecular flexibility index (Phi) is 4.70. The van der Waals surface area contributed by atoms with Gasteiger partial charge in [0.05, 0.1) is 6.54 Å². The van der Waals surface area contributed by atoms with Crippen LogP contribution in [-0.4, -0.2) is 27.7 Å². The predicted octanol–water partition coefficient (Wildman–Crippen LogP) is 1.37. The Morgan fingerprint density at radius 3 is 2.90 bits per heavy atom. The number of aryl methyl sites for hydroxylation is 2. The van der Waals surface area contributed by atoms with Crippen molar-refractivity contribution in [3.05, 3.63) is 41.5 Å². The Hall–Kier alpha value is -2.37. The fourth-order valence-corrected chi connectivity index (χ4v) is 1.78. The molecule has 2 N–H and O–H groups in total. The molecule has 1 amide bonds. The Bertz CT molecular complexity index is 580. The van der Waals surface area contributed by atoms with Crippen LogP contribution in [0.1, 0.15) is 24.1 Å². The highest BCUT2D eigenvalue weighted by molar-refractivity contribution is 5.77. The smallest absolute Gasteiger partial charge is 0.258 e. The summed E-state index contributed by atoms with van der Waals surface area (Å²) in [6.07, 6.45) is 0.869. The molecule has 0 saturated carbocycles. The van der Waals surface area contributed by atoms with E-state index in [1.54, 1.807) is 0 Å². The number of amides is 1. The van der Waals surface area contributed by atoms with Gasteiger partial charge in [-0.2, -0.15) is 5.10 Å². The van der Waals surface area contributed by atoms with E-state index in [0.717, 1.165) is 23.6 Å². The lowest BCUT2D eigenvalue weighted by Crippen LogP contribution is -2.29. The number of aromatic amines is 1. The van der Waals surface area contributed by atoms with Gasteiger partial charge in [0.1, 0.15) is 11.6 Å². The van der Waals surface area contributed by atoms with Crippen LogP contribution in [0.25, 0.3) is 0 Å². The monoisotopic (exact) mass is 274 g/mol. The van der Waals surface area contributed by atoms with E-state index in [-0.39, 0.29) is 12.5 Å². The van der Waals surface area contributed by atoms with Crippen molar-refractivity contribution in [3.8, 4) is 5.75 Å². The molecular weight excluding hydrogens is 256 g/mol. The number of para-hydroxylation sites is 1. The number of carbonyl (C=O) groups is 1. The van der Waals surface area contributed by atoms with Gasteiger partial charge < -0.3 is 10.1 Å². The minimum atomic E-state index is -0.196. The molecule has 0 radical (unpaired) electrons. The molecule has 0 unspecified atom stereocenters. The summed E-state index contributed by atoms with van der Waals surface area (Å²) in [5.74, 6) is 1.84. The predicted molar refractivity (Wildman–Crippen MR) is 74.3 cm³/mol. The molecule has 6 heteroatoms. The Labute approximate surface area is 117 Å². The maximum atomic E-state index is 11.7. The second-order valence-corrected chi connectivity index (χ2v) is 4.36. The van der Waals surface area contributed by atoms with Crippen molar-refractivity contribution in [2.45, 2.75) is 26.8 Å². The molecule has 1 aromatic heterocycles. The highest BCUT2D eigenvalue weighted by atomic mass is 16.5. The number of rotatable bonds is 6. The number of nitrogens with one attached hydrogen (secondary N) is 2. The maximum Gasteiger partial charge on any atom is 0.258 e. The highest BCUT2D eigenvalue weighted by Gasteiger charge is 2.07. The number of nitrogens with zero attached hydrogens (tertiary/aromatic N) is 2. The van der Waals surface area contributed by atoms with Crippen molar-refractivity contribution in [1.29, 1.82) is 0 Å². The molecule has 0 fully saturated rings. The number of carbonyl (C=O) groups excluding carboxylic acids is 1. The average molecular weight is 274 g/mol. The van der Waals surface area contributed by atoms with E-state index in [1.165, 1.54) is 0 Å². The summed E-state index contributed by atoms with van der Waals surface area (Å²) >= 11 is 0. The van der Waals surface area contributed by atoms with E-state index in [1.807, 2.05) is 38.1 Å². The van der Waals surface area contributed by atoms with E-state index in [4.69, 9.17) is 4.74 Å². The van der Waals surface area contributed by atoms with Crippen LogP contribution in [0.15, 0.2) is 24.3 Å². The first-order valence-electron chi connectivity index (χ1n) is 6.54. The van der Waals surface area contributed by atoms with Crippen LogP contribution in [0.2, 0.25) is 0 Å². The SMILES string of the molecule is CCc1ccccc1OCC(=O)NCc1n[nH]c(C)n1. The highest BCUT2D eigenvalue weighted by Crippen LogP contribution is 2.17. The molecule has 0 aliphatic carbocycles. The summed E-state index contributed by atoms with van der Waals surface area (Å²) in [5, 5.41) is 9.37. The van der Waals surface area contributed by atoms with E-state index >= 15 is 0 Å². The van der Waals surface area contributed by atoms with Gasteiger partial charge in [-0.25, -0.2) is 4.98 Å². The van der Waals surface area contributed by atoms with Crippen LogP contribution in [0.4, 0.5) is 0 Å². The number of H-pyrrole nitrogens is 1. The summed E-state index contributed by atoms with van der Waals surface area (Å²) in [7, 11) is 0. The van der Waals surface area contributed by atoms with Crippen molar-refractivity contribution in [3.63, 3.8) is 0 Å². The van der Waals surface area contributed by atoms with Crippen LogP contribution in [-0.2, 0) is 17.8 Å². The molecule has 1 heterocycles. The van der Waals surface area contributed by atoms with Crippen molar-refractivity contribution < 1.29 is 9.53 Å². The second kappa shape index (κ2) is 6.70. The molecule has 2 aromatic rings. The van der Waals surface area contributed by atoms with Crippen LogP contribution < -0.4 is 10.1 Å². The molecule has 2 rings (SSSR count). The van der Waals surface area contributed by atoms with Gasteiger partial charge >= 0.3 is 0 Å². The van der Waals surface area contributed by atoms with Gasteiger partial charge in [-0.1, -0.05) is 25.1 Å². The first-order valence-corrected chi connectivity index (χ1v) is 6.54. The molecule has 0 aliphatic rings. The van der Waals surface area contributed by atoms with Crippen molar-refractivity contribution >= 4 is 5.91 Å². The first kappa shape index (κ1) is 14.0. The summed E-state index contributed by atoms with van der Waals surface area (Å²) in [5.41, 5.74) is 1.09. The number of aromatic nitrogens is 3. The lowest BCUT2D eigenvalue weighted by molar-refractivity contribution is -0.123. The van der Waals surface area contributed by atoms with Crippen molar-refractivity contribution in [2.24, 2.45) is 0 Å². The topological polar surface area (TPSA) is 79.9 Å². The molecular formula is C14H18N4O2. The summed E-state index contributed by atoms with van der Waals surface area (Å²) in [6, 6.07) is 7.70. The molecule has 6 nitrogen and oxygen atoms in total. The third-order valence-electron chi connectivity index (χ3n) is 2.80. The number of benzene rings is 1. The molecule has 0 saturated heterocycles. The second-order valence-electron chi connectivity index (χ2n) is 4.36. The summed E-state index contributed by atoms with van der Waals surface area (Å²) in [6.45, 7) is 4.14. The van der Waals surface area contributed by atoms with Crippen molar-refractivity contribution in [2.75, 3.05) is 6.61 Å². The zero-order valence-corrected chi connectivity index (χ0v) is 11.6. The van der Waals surface area contributed by atoms with E-state index in [0.29, 0.717) is 12.4 Å². The third-order valence-corrected chi connectivity index (χ3v) is 2.80. The van der Waals surface area contributed by atoms with Crippen LogP contribution in [0.3, 0.4) is 0 Å². The molecule has 0 spiro atoms. The van der Waals surface area contributed by atoms with Gasteiger partial charge in [-0.05, 0) is 25.0 Å². The van der Waals surface area contributed by atoms with Gasteiger partial charge in [0.25, 0.3) is 5.91 Å². The zero-order valence-electron chi connectivity index (χ0n) is 11.6. The Morgan fingerprint density at radius 1 is 1.40 bits per heavy atom. The van der Waals surface area contributed by atoms with E-state index in [2.05, 4.69) is 20.5 Å². The minimum absolute atomic E-state index is 0.0135. The first-order chi connectivity index (χ1) is 9.69. The Balaban J connectivity index is 1.80. The molecule has 106 valence electrons. The fourth-order valence-electron chi connectivity index (χ4n) is 1.78. The number of ether oxygens (including phenoxy) is 1. The molecule has 0 atom stereocenters. The van der Waals surface area contributed by atoms with E-state index in [9.17, 15) is 4.79 Å². The molecule has 1 aromatic carbocycles. The van der Waals surface area contributed by atoms with Gasteiger partial charge in [-0.15, -0.1) is 0 Å². The third kappa shape index (κ3) is 3.81.